The van der Waals surface area contributed by atoms with Crippen LogP contribution in [0.15, 0.2) is 22.7 Å². The lowest BCUT2D eigenvalue weighted by Crippen LogP contribution is -2.33. The van der Waals surface area contributed by atoms with Gasteiger partial charge in [-0.1, -0.05) is 22.9 Å². The highest BCUT2D eigenvalue weighted by atomic mass is 79.9. The second-order valence-corrected chi connectivity index (χ2v) is 4.36. The fourth-order valence-electron chi connectivity index (χ4n) is 1.75. The van der Waals surface area contributed by atoms with Crippen molar-refractivity contribution in [3.63, 3.8) is 0 Å². The average molecular weight is 256 g/mol. The van der Waals surface area contributed by atoms with Crippen LogP contribution in [0.3, 0.4) is 0 Å². The first kappa shape index (κ1) is 9.84. The maximum Gasteiger partial charge on any atom is 0.143 e. The van der Waals surface area contributed by atoms with Crippen molar-refractivity contribution in [2.45, 2.75) is 13.3 Å². The Bertz CT molecular complexity index is 327. The van der Waals surface area contributed by atoms with E-state index in [1.807, 2.05) is 6.07 Å². The first-order valence-corrected chi connectivity index (χ1v) is 5.78. The summed E-state index contributed by atoms with van der Waals surface area (Å²) in [7, 11) is 0. The molecular formula is C11H14BrNO. The molecule has 0 aliphatic carbocycles. The fourth-order valence-corrected chi connectivity index (χ4v) is 2.09. The molecule has 1 aliphatic heterocycles. The van der Waals surface area contributed by atoms with E-state index in [4.69, 9.17) is 4.74 Å². The number of ether oxygens (including phenoxy) is 1. The van der Waals surface area contributed by atoms with Gasteiger partial charge in [-0.15, -0.1) is 0 Å². The number of hydrogen-bond acceptors (Lipinski definition) is 2. The molecule has 2 rings (SSSR count). The van der Waals surface area contributed by atoms with Crippen molar-refractivity contribution in [2.75, 3.05) is 24.6 Å². The van der Waals surface area contributed by atoms with E-state index >= 15 is 0 Å². The molecule has 0 saturated carbocycles. The van der Waals surface area contributed by atoms with E-state index in [0.717, 1.165) is 29.9 Å². The minimum Gasteiger partial charge on any atom is -0.490 e. The predicted octanol–water partition coefficient (Wildman–Crippen LogP) is 3.06. The first-order chi connectivity index (χ1) is 6.81. The Labute approximate surface area is 93.0 Å². The van der Waals surface area contributed by atoms with Crippen LogP contribution < -0.4 is 9.64 Å². The second kappa shape index (κ2) is 4.22. The highest BCUT2D eigenvalue weighted by Gasteiger charge is 2.16. The molecule has 0 saturated heterocycles. The topological polar surface area (TPSA) is 12.5 Å². The summed E-state index contributed by atoms with van der Waals surface area (Å²) in [6.45, 7) is 5.11. The standard InChI is InChI=1S/C11H14BrNO/c1-2-5-13-6-7-14-11-8-9(12)3-4-10(11)13/h3-4,8H,2,5-7H2,1H3. The molecule has 0 N–H and O–H groups in total. The molecular weight excluding hydrogens is 242 g/mol. The Kier molecular flexibility index (Phi) is 2.96. The van der Waals surface area contributed by atoms with Crippen LogP contribution >= 0.6 is 15.9 Å². The molecule has 3 heteroatoms. The molecule has 1 aromatic carbocycles. The molecule has 1 heterocycles. The number of hydrogen-bond donors (Lipinski definition) is 0. The number of benzene rings is 1. The van der Waals surface area contributed by atoms with Crippen molar-refractivity contribution in [1.29, 1.82) is 0 Å². The number of halogens is 1. The van der Waals surface area contributed by atoms with Crippen LogP contribution in [-0.2, 0) is 0 Å². The Morgan fingerprint density at radius 3 is 3.14 bits per heavy atom. The fraction of sp³-hybridized carbons (Fsp3) is 0.455. The minimum absolute atomic E-state index is 0.795. The van der Waals surface area contributed by atoms with E-state index in [2.05, 4.69) is 39.9 Å². The highest BCUT2D eigenvalue weighted by Crippen LogP contribution is 2.33. The van der Waals surface area contributed by atoms with Crippen LogP contribution in [0.4, 0.5) is 5.69 Å². The molecule has 0 unspecified atom stereocenters. The van der Waals surface area contributed by atoms with Gasteiger partial charge in [0.05, 0.1) is 12.2 Å². The summed E-state index contributed by atoms with van der Waals surface area (Å²) in [6, 6.07) is 6.22. The first-order valence-electron chi connectivity index (χ1n) is 4.98. The molecule has 76 valence electrons. The van der Waals surface area contributed by atoms with E-state index in [1.54, 1.807) is 0 Å². The monoisotopic (exact) mass is 255 g/mol. The molecule has 2 nitrogen and oxygen atoms in total. The number of fused-ring (bicyclic) bond motifs is 1. The molecule has 1 aromatic rings. The summed E-state index contributed by atoms with van der Waals surface area (Å²) in [5.74, 6) is 0.999. The number of rotatable bonds is 2. The van der Waals surface area contributed by atoms with Gasteiger partial charge in [0.25, 0.3) is 0 Å². The maximum absolute atomic E-state index is 5.61. The third-order valence-corrected chi connectivity index (χ3v) is 2.87. The van der Waals surface area contributed by atoms with E-state index in [9.17, 15) is 0 Å². The molecule has 14 heavy (non-hydrogen) atoms. The zero-order chi connectivity index (χ0) is 9.97. The van der Waals surface area contributed by atoms with Crippen LogP contribution in [0.5, 0.6) is 5.75 Å². The Morgan fingerprint density at radius 2 is 2.36 bits per heavy atom. The summed E-state index contributed by atoms with van der Waals surface area (Å²) in [5, 5.41) is 0. The SMILES string of the molecule is CCCN1CCOc2cc(Br)ccc21. The lowest BCUT2D eigenvalue weighted by molar-refractivity contribution is 0.307. The Morgan fingerprint density at radius 1 is 1.50 bits per heavy atom. The third-order valence-electron chi connectivity index (χ3n) is 2.37. The van der Waals surface area contributed by atoms with Crippen molar-refractivity contribution in [2.24, 2.45) is 0 Å². The quantitative estimate of drug-likeness (QED) is 0.806. The summed E-state index contributed by atoms with van der Waals surface area (Å²) >= 11 is 3.45. The normalized spacial score (nSPS) is 14.9. The van der Waals surface area contributed by atoms with E-state index < -0.39 is 0 Å². The van der Waals surface area contributed by atoms with Crippen LogP contribution in [0, 0.1) is 0 Å². The van der Waals surface area contributed by atoms with Gasteiger partial charge in [-0.25, -0.2) is 0 Å². The van der Waals surface area contributed by atoms with Crippen LogP contribution in [0.25, 0.3) is 0 Å². The van der Waals surface area contributed by atoms with Gasteiger partial charge in [0, 0.05) is 11.0 Å². The average Bonchev–Trinajstić information content (AvgIpc) is 2.18. The lowest BCUT2D eigenvalue weighted by atomic mass is 10.2. The van der Waals surface area contributed by atoms with Crippen molar-refractivity contribution in [3.8, 4) is 5.75 Å². The lowest BCUT2D eigenvalue weighted by Gasteiger charge is -2.31. The summed E-state index contributed by atoms with van der Waals surface area (Å²) < 4.78 is 6.69. The van der Waals surface area contributed by atoms with E-state index in [-0.39, 0.29) is 0 Å². The van der Waals surface area contributed by atoms with E-state index in [1.165, 1.54) is 12.1 Å². The van der Waals surface area contributed by atoms with Gasteiger partial charge in [0.2, 0.25) is 0 Å². The largest absolute Gasteiger partial charge is 0.490 e. The van der Waals surface area contributed by atoms with Gasteiger partial charge in [0.15, 0.2) is 0 Å². The predicted molar refractivity (Wildman–Crippen MR) is 62.1 cm³/mol. The second-order valence-electron chi connectivity index (χ2n) is 3.45. The van der Waals surface area contributed by atoms with E-state index in [0.29, 0.717) is 0 Å². The van der Waals surface area contributed by atoms with Gasteiger partial charge in [-0.05, 0) is 24.6 Å². The molecule has 0 radical (unpaired) electrons. The minimum atomic E-state index is 0.795. The summed E-state index contributed by atoms with van der Waals surface area (Å²) in [4.78, 5) is 2.38. The number of nitrogens with zero attached hydrogens (tertiary/aromatic N) is 1. The molecule has 0 spiro atoms. The maximum atomic E-state index is 5.61. The van der Waals surface area contributed by atoms with Crippen LogP contribution in [0.1, 0.15) is 13.3 Å². The third kappa shape index (κ3) is 1.87. The van der Waals surface area contributed by atoms with Gasteiger partial charge in [-0.3, -0.25) is 0 Å². The summed E-state index contributed by atoms with van der Waals surface area (Å²) in [5.41, 5.74) is 1.22. The van der Waals surface area contributed by atoms with Crippen molar-refractivity contribution >= 4 is 21.6 Å². The van der Waals surface area contributed by atoms with Gasteiger partial charge in [0.1, 0.15) is 12.4 Å². The molecule has 0 atom stereocenters. The number of anilines is 1. The van der Waals surface area contributed by atoms with Gasteiger partial charge in [-0.2, -0.15) is 0 Å². The Balaban J connectivity index is 2.30. The molecule has 1 aliphatic rings. The van der Waals surface area contributed by atoms with Crippen molar-refractivity contribution < 1.29 is 4.74 Å². The molecule has 0 aromatic heterocycles. The highest BCUT2D eigenvalue weighted by molar-refractivity contribution is 9.10. The van der Waals surface area contributed by atoms with Gasteiger partial charge < -0.3 is 9.64 Å². The summed E-state index contributed by atoms with van der Waals surface area (Å²) in [6.07, 6.45) is 1.18. The zero-order valence-electron chi connectivity index (χ0n) is 8.29. The van der Waals surface area contributed by atoms with Crippen LogP contribution in [-0.4, -0.2) is 19.7 Å². The molecule has 0 bridgehead atoms. The van der Waals surface area contributed by atoms with Gasteiger partial charge >= 0.3 is 0 Å². The zero-order valence-corrected chi connectivity index (χ0v) is 9.88. The molecule has 0 fully saturated rings. The molecule has 0 amide bonds. The van der Waals surface area contributed by atoms with Crippen molar-refractivity contribution in [1.82, 2.24) is 0 Å². The van der Waals surface area contributed by atoms with Crippen LogP contribution in [0.2, 0.25) is 0 Å². The van der Waals surface area contributed by atoms with Crippen molar-refractivity contribution in [3.05, 3.63) is 22.7 Å². The Hall–Kier alpha value is -0.700. The smallest absolute Gasteiger partial charge is 0.143 e.